The van der Waals surface area contributed by atoms with Gasteiger partial charge in [-0.05, 0) is 48.4 Å². The molecule has 184 valence electrons. The molecule has 0 unspecified atom stereocenters. The van der Waals surface area contributed by atoms with Crippen molar-refractivity contribution in [2.45, 2.75) is 12.8 Å². The van der Waals surface area contributed by atoms with Crippen molar-refractivity contribution in [2.24, 2.45) is 0 Å². The Hall–Kier alpha value is -4.78. The van der Waals surface area contributed by atoms with Crippen molar-refractivity contribution >= 4 is 17.6 Å². The lowest BCUT2D eigenvalue weighted by atomic mass is 9.87. The van der Waals surface area contributed by atoms with Crippen LogP contribution in [0.15, 0.2) is 91.0 Å². The van der Waals surface area contributed by atoms with E-state index in [1.54, 1.807) is 24.3 Å². The maximum Gasteiger partial charge on any atom is 0.337 e. The van der Waals surface area contributed by atoms with Gasteiger partial charge < -0.3 is 9.47 Å². The molecule has 7 heteroatoms. The van der Waals surface area contributed by atoms with Gasteiger partial charge in [0.05, 0.1) is 42.7 Å². The molecule has 0 radical (unpaired) electrons. The number of aryl methyl sites for hydroxylation is 1. The van der Waals surface area contributed by atoms with Gasteiger partial charge in [-0.2, -0.15) is 5.10 Å². The molecule has 0 aliphatic carbocycles. The summed E-state index contributed by atoms with van der Waals surface area (Å²) in [4.78, 5) is 28.8. The van der Waals surface area contributed by atoms with Gasteiger partial charge in [0, 0.05) is 17.3 Å². The minimum atomic E-state index is -0.396. The number of methoxy groups -OCH3 is 2. The Balaban J connectivity index is 1.69. The number of aromatic nitrogens is 3. The molecule has 2 aromatic heterocycles. The Morgan fingerprint density at radius 2 is 1.30 bits per heavy atom. The van der Waals surface area contributed by atoms with E-state index in [0.717, 1.165) is 39.4 Å². The molecule has 0 aliphatic rings. The number of nitrogens with zero attached hydrogens (tertiary/aromatic N) is 3. The Labute approximate surface area is 214 Å². The first-order valence-corrected chi connectivity index (χ1v) is 11.8. The van der Waals surface area contributed by atoms with Gasteiger partial charge in [0.15, 0.2) is 5.65 Å². The molecule has 7 nitrogen and oxygen atoms in total. The zero-order valence-electron chi connectivity index (χ0n) is 20.7. The Bertz CT molecular complexity index is 1510. The van der Waals surface area contributed by atoms with Crippen molar-refractivity contribution in [3.05, 3.63) is 125 Å². The average molecular weight is 492 g/mol. The second kappa shape index (κ2) is 10.1. The highest BCUT2D eigenvalue weighted by Crippen LogP contribution is 2.34. The summed E-state index contributed by atoms with van der Waals surface area (Å²) in [5.41, 5.74) is 7.13. The first-order chi connectivity index (χ1) is 18.0. The molecule has 0 aliphatic heterocycles. The highest BCUT2D eigenvalue weighted by molar-refractivity contribution is 5.90. The van der Waals surface area contributed by atoms with Gasteiger partial charge in [0.2, 0.25) is 0 Å². The standard InChI is InChI=1S/C30H25N3O4/c1-19-17-26(33-27(31-19)18-25(32-33)20-7-5-4-6-8-20)28(21-9-13-23(14-10-21)29(34)36-2)22-11-15-24(16-12-22)30(35)37-3/h4-18,28H,1-3H3. The van der Waals surface area contributed by atoms with Gasteiger partial charge in [-0.15, -0.1) is 0 Å². The number of esters is 2. The number of fused-ring (bicyclic) bond motifs is 1. The summed E-state index contributed by atoms with van der Waals surface area (Å²) in [5.74, 6) is -1.05. The zero-order chi connectivity index (χ0) is 25.9. The second-order valence-electron chi connectivity index (χ2n) is 8.65. The third kappa shape index (κ3) is 4.71. The van der Waals surface area contributed by atoms with E-state index in [9.17, 15) is 9.59 Å². The molecular weight excluding hydrogens is 466 g/mol. The summed E-state index contributed by atoms with van der Waals surface area (Å²) >= 11 is 0. The van der Waals surface area contributed by atoms with Gasteiger partial charge in [0.25, 0.3) is 0 Å². The van der Waals surface area contributed by atoms with Crippen molar-refractivity contribution in [3.63, 3.8) is 0 Å². The van der Waals surface area contributed by atoms with E-state index >= 15 is 0 Å². The van der Waals surface area contributed by atoms with Crippen molar-refractivity contribution < 1.29 is 19.1 Å². The predicted molar refractivity (Wildman–Crippen MR) is 140 cm³/mol. The number of hydrogen-bond acceptors (Lipinski definition) is 6. The van der Waals surface area contributed by atoms with Gasteiger partial charge in [-0.1, -0.05) is 54.6 Å². The number of hydrogen-bond donors (Lipinski definition) is 0. The minimum Gasteiger partial charge on any atom is -0.465 e. The van der Waals surface area contributed by atoms with Crippen molar-refractivity contribution in [1.82, 2.24) is 14.6 Å². The van der Waals surface area contributed by atoms with Crippen molar-refractivity contribution in [3.8, 4) is 11.3 Å². The molecule has 0 N–H and O–H groups in total. The lowest BCUT2D eigenvalue weighted by molar-refractivity contribution is 0.0592. The van der Waals surface area contributed by atoms with Crippen LogP contribution in [0.4, 0.5) is 0 Å². The summed E-state index contributed by atoms with van der Waals surface area (Å²) < 4.78 is 11.6. The van der Waals surface area contributed by atoms with E-state index in [4.69, 9.17) is 19.6 Å². The molecule has 0 bridgehead atoms. The molecule has 5 aromatic rings. The van der Waals surface area contributed by atoms with Gasteiger partial charge in [-0.25, -0.2) is 19.1 Å². The van der Waals surface area contributed by atoms with Gasteiger partial charge in [-0.3, -0.25) is 0 Å². The monoisotopic (exact) mass is 491 g/mol. The number of rotatable bonds is 6. The molecular formula is C30H25N3O4. The summed E-state index contributed by atoms with van der Waals surface area (Å²) in [6.45, 7) is 1.95. The molecule has 37 heavy (non-hydrogen) atoms. The molecule has 0 spiro atoms. The second-order valence-corrected chi connectivity index (χ2v) is 8.65. The summed E-state index contributed by atoms with van der Waals surface area (Å²) in [6.07, 6.45) is 0. The summed E-state index contributed by atoms with van der Waals surface area (Å²) in [5, 5.41) is 4.92. The highest BCUT2D eigenvalue weighted by Gasteiger charge is 2.23. The van der Waals surface area contributed by atoms with Crippen LogP contribution < -0.4 is 0 Å². The van der Waals surface area contributed by atoms with E-state index in [1.807, 2.05) is 78.2 Å². The Morgan fingerprint density at radius 1 is 0.757 bits per heavy atom. The van der Waals surface area contributed by atoms with Crippen LogP contribution in [0.5, 0.6) is 0 Å². The van der Waals surface area contributed by atoms with E-state index in [0.29, 0.717) is 11.1 Å². The van der Waals surface area contributed by atoms with Crippen LogP contribution in [-0.4, -0.2) is 40.8 Å². The van der Waals surface area contributed by atoms with Crippen LogP contribution in [0.1, 0.15) is 49.1 Å². The highest BCUT2D eigenvalue weighted by atomic mass is 16.5. The lowest BCUT2D eigenvalue weighted by Gasteiger charge is -2.20. The van der Waals surface area contributed by atoms with E-state index < -0.39 is 11.9 Å². The molecule has 0 fully saturated rings. The summed E-state index contributed by atoms with van der Waals surface area (Å²) in [6, 6.07) is 28.6. The van der Waals surface area contributed by atoms with Crippen LogP contribution in [0.25, 0.3) is 16.9 Å². The SMILES string of the molecule is COC(=O)c1ccc(C(c2ccc(C(=O)OC)cc2)c2cc(C)nc3cc(-c4ccccc4)nn23)cc1. The first-order valence-electron chi connectivity index (χ1n) is 11.8. The van der Waals surface area contributed by atoms with Crippen LogP contribution in [0.3, 0.4) is 0 Å². The quantitative estimate of drug-likeness (QED) is 0.294. The Morgan fingerprint density at radius 3 is 1.81 bits per heavy atom. The van der Waals surface area contributed by atoms with E-state index in [2.05, 4.69) is 0 Å². The zero-order valence-corrected chi connectivity index (χ0v) is 20.7. The fraction of sp³-hybridized carbons (Fsp3) is 0.133. The van der Waals surface area contributed by atoms with Gasteiger partial charge >= 0.3 is 11.9 Å². The maximum absolute atomic E-state index is 12.0. The first kappa shape index (κ1) is 23.9. The van der Waals surface area contributed by atoms with E-state index in [1.165, 1.54) is 14.2 Å². The third-order valence-electron chi connectivity index (χ3n) is 6.28. The lowest BCUT2D eigenvalue weighted by Crippen LogP contribution is -2.12. The average Bonchev–Trinajstić information content (AvgIpc) is 3.37. The largest absolute Gasteiger partial charge is 0.465 e. The smallest absolute Gasteiger partial charge is 0.337 e. The molecule has 0 atom stereocenters. The predicted octanol–water partition coefficient (Wildman–Crippen LogP) is 5.46. The molecule has 0 amide bonds. The summed E-state index contributed by atoms with van der Waals surface area (Å²) in [7, 11) is 2.72. The van der Waals surface area contributed by atoms with Gasteiger partial charge in [0.1, 0.15) is 0 Å². The fourth-order valence-electron chi connectivity index (χ4n) is 4.48. The fourth-order valence-corrected chi connectivity index (χ4v) is 4.48. The van der Waals surface area contributed by atoms with Crippen LogP contribution in [0.2, 0.25) is 0 Å². The number of carbonyl (C=O) groups excluding carboxylic acids is 2. The van der Waals surface area contributed by atoms with Crippen LogP contribution >= 0.6 is 0 Å². The molecule has 2 heterocycles. The molecule has 3 aromatic carbocycles. The Kier molecular flexibility index (Phi) is 6.51. The minimum absolute atomic E-state index is 0.258. The van der Waals surface area contributed by atoms with Crippen molar-refractivity contribution in [1.29, 1.82) is 0 Å². The van der Waals surface area contributed by atoms with E-state index in [-0.39, 0.29) is 5.92 Å². The maximum atomic E-state index is 12.0. The molecule has 0 saturated carbocycles. The number of carbonyl (C=O) groups is 2. The number of benzene rings is 3. The molecule has 5 rings (SSSR count). The molecule has 0 saturated heterocycles. The third-order valence-corrected chi connectivity index (χ3v) is 6.28. The normalized spacial score (nSPS) is 11.0. The van der Waals surface area contributed by atoms with Crippen molar-refractivity contribution in [2.75, 3.05) is 14.2 Å². The van der Waals surface area contributed by atoms with Crippen LogP contribution in [0, 0.1) is 6.92 Å². The topological polar surface area (TPSA) is 82.8 Å². The van der Waals surface area contributed by atoms with Crippen LogP contribution in [-0.2, 0) is 9.47 Å². The number of ether oxygens (including phenoxy) is 2.